The number of rotatable bonds is 6. The van der Waals surface area contributed by atoms with E-state index < -0.39 is 5.97 Å². The summed E-state index contributed by atoms with van der Waals surface area (Å²) in [6.07, 6.45) is 0.0772. The summed E-state index contributed by atoms with van der Waals surface area (Å²) in [6.45, 7) is 6.55. The summed E-state index contributed by atoms with van der Waals surface area (Å²) in [5.41, 5.74) is 4.38. The number of carbonyl (C=O) groups is 1. The van der Waals surface area contributed by atoms with Crippen LogP contribution >= 0.6 is 0 Å². The van der Waals surface area contributed by atoms with Crippen LogP contribution in [0.25, 0.3) is 0 Å². The second kappa shape index (κ2) is 9.29. The molecule has 0 unspecified atom stereocenters. The molecule has 0 spiro atoms. The van der Waals surface area contributed by atoms with Crippen LogP contribution in [0.1, 0.15) is 23.5 Å². The van der Waals surface area contributed by atoms with Crippen molar-refractivity contribution in [2.24, 2.45) is 0 Å². The minimum atomic E-state index is -0.787. The number of aliphatic carboxylic acids is 1. The Bertz CT molecular complexity index is 733. The smallest absolute Gasteiger partial charge is 0.304 e. The molecule has 6 heteroatoms. The van der Waals surface area contributed by atoms with E-state index in [1.54, 1.807) is 0 Å². The fraction of sp³-hybridized carbons (Fsp3) is 0.435. The van der Waals surface area contributed by atoms with Crippen LogP contribution in [0.2, 0.25) is 0 Å². The molecule has 0 amide bonds. The number of hydrogen-bond donors (Lipinski definition) is 1. The summed E-state index contributed by atoms with van der Waals surface area (Å²) >= 11 is 0. The van der Waals surface area contributed by atoms with Gasteiger partial charge in [-0.15, -0.1) is 0 Å². The third-order valence-electron chi connectivity index (χ3n) is 5.72. The maximum atomic E-state index is 11.5. The Morgan fingerprint density at radius 1 is 0.759 bits per heavy atom. The van der Waals surface area contributed by atoms with Crippen molar-refractivity contribution in [3.8, 4) is 0 Å². The second-order valence-electron chi connectivity index (χ2n) is 7.53. The molecular formula is C23H28N2O4. The lowest BCUT2D eigenvalue weighted by Gasteiger charge is -2.29. The largest absolute Gasteiger partial charge is 0.481 e. The molecule has 2 saturated heterocycles. The molecule has 0 atom stereocenters. The van der Waals surface area contributed by atoms with E-state index in [2.05, 4.69) is 58.3 Å². The Kier molecular flexibility index (Phi) is 6.32. The zero-order valence-electron chi connectivity index (χ0n) is 16.6. The molecule has 2 aliphatic rings. The number of morpholine rings is 2. The van der Waals surface area contributed by atoms with Crippen molar-refractivity contribution in [2.45, 2.75) is 12.3 Å². The normalized spacial score (nSPS) is 17.6. The van der Waals surface area contributed by atoms with E-state index in [0.29, 0.717) is 0 Å². The monoisotopic (exact) mass is 396 g/mol. The van der Waals surface area contributed by atoms with Gasteiger partial charge in [0.25, 0.3) is 0 Å². The molecular weight excluding hydrogens is 368 g/mol. The number of nitrogens with zero attached hydrogens (tertiary/aromatic N) is 2. The SMILES string of the molecule is O=C(O)CC(c1ccc(N2CCOCC2)cc1)c1ccc(N2CCOCC2)cc1. The van der Waals surface area contributed by atoms with Gasteiger partial charge < -0.3 is 24.4 Å². The van der Waals surface area contributed by atoms with E-state index in [1.165, 1.54) is 0 Å². The molecule has 0 radical (unpaired) electrons. The van der Waals surface area contributed by atoms with Crippen LogP contribution in [-0.2, 0) is 14.3 Å². The topological polar surface area (TPSA) is 62.2 Å². The van der Waals surface area contributed by atoms with Gasteiger partial charge in [-0.1, -0.05) is 24.3 Å². The average molecular weight is 396 g/mol. The van der Waals surface area contributed by atoms with E-state index >= 15 is 0 Å². The first-order valence-corrected chi connectivity index (χ1v) is 10.3. The lowest BCUT2D eigenvalue weighted by Crippen LogP contribution is -2.36. The van der Waals surface area contributed by atoms with Crippen LogP contribution < -0.4 is 9.80 Å². The number of anilines is 2. The van der Waals surface area contributed by atoms with Crippen molar-refractivity contribution in [1.29, 1.82) is 0 Å². The maximum absolute atomic E-state index is 11.5. The fourth-order valence-electron chi connectivity index (χ4n) is 4.08. The highest BCUT2D eigenvalue weighted by Gasteiger charge is 2.20. The van der Waals surface area contributed by atoms with E-state index in [9.17, 15) is 9.90 Å². The van der Waals surface area contributed by atoms with Crippen LogP contribution in [0.5, 0.6) is 0 Å². The van der Waals surface area contributed by atoms with Gasteiger partial charge in [0.15, 0.2) is 0 Å². The third kappa shape index (κ3) is 4.89. The standard InChI is InChI=1S/C23H28N2O4/c26-23(27)17-22(18-1-5-20(6-2-18)24-9-13-28-14-10-24)19-3-7-21(8-4-19)25-11-15-29-16-12-25/h1-8,22H,9-17H2,(H,26,27). The summed E-state index contributed by atoms with van der Waals surface area (Å²) in [5.74, 6) is -0.950. The molecule has 0 bridgehead atoms. The van der Waals surface area contributed by atoms with Gasteiger partial charge >= 0.3 is 5.97 Å². The summed E-state index contributed by atoms with van der Waals surface area (Å²) in [7, 11) is 0. The Hall–Kier alpha value is -2.57. The number of carboxylic acids is 1. The third-order valence-corrected chi connectivity index (χ3v) is 5.72. The summed E-state index contributed by atoms with van der Waals surface area (Å²) in [4.78, 5) is 16.1. The summed E-state index contributed by atoms with van der Waals surface area (Å²) < 4.78 is 10.8. The molecule has 2 aromatic carbocycles. The summed E-state index contributed by atoms with van der Waals surface area (Å²) in [5, 5.41) is 9.48. The van der Waals surface area contributed by atoms with Gasteiger partial charge in [0.05, 0.1) is 32.8 Å². The van der Waals surface area contributed by atoms with Gasteiger partial charge in [0, 0.05) is 43.5 Å². The molecule has 0 saturated carbocycles. The fourth-order valence-corrected chi connectivity index (χ4v) is 4.08. The Labute approximate surface area is 171 Å². The highest BCUT2D eigenvalue weighted by atomic mass is 16.5. The van der Waals surface area contributed by atoms with E-state index in [1.807, 2.05) is 0 Å². The van der Waals surface area contributed by atoms with Crippen molar-refractivity contribution >= 4 is 17.3 Å². The average Bonchev–Trinajstić information content (AvgIpc) is 2.79. The van der Waals surface area contributed by atoms with Gasteiger partial charge in [0.1, 0.15) is 0 Å². The molecule has 2 heterocycles. The first-order valence-electron chi connectivity index (χ1n) is 10.3. The number of benzene rings is 2. The minimum Gasteiger partial charge on any atom is -0.481 e. The Morgan fingerprint density at radius 2 is 1.14 bits per heavy atom. The van der Waals surface area contributed by atoms with Crippen molar-refractivity contribution in [3.05, 3.63) is 59.7 Å². The molecule has 1 N–H and O–H groups in total. The molecule has 4 rings (SSSR count). The predicted octanol–water partition coefficient (Wildman–Crippen LogP) is 2.97. The van der Waals surface area contributed by atoms with Crippen molar-refractivity contribution in [1.82, 2.24) is 0 Å². The molecule has 0 aliphatic carbocycles. The molecule has 29 heavy (non-hydrogen) atoms. The highest BCUT2D eigenvalue weighted by Crippen LogP contribution is 2.31. The number of hydrogen-bond acceptors (Lipinski definition) is 5. The highest BCUT2D eigenvalue weighted by molar-refractivity contribution is 5.69. The van der Waals surface area contributed by atoms with Gasteiger partial charge in [-0.05, 0) is 35.4 Å². The van der Waals surface area contributed by atoms with Crippen LogP contribution in [-0.4, -0.2) is 63.7 Å². The predicted molar refractivity (Wildman–Crippen MR) is 113 cm³/mol. The molecule has 154 valence electrons. The quantitative estimate of drug-likeness (QED) is 0.810. The van der Waals surface area contributed by atoms with Gasteiger partial charge in [-0.2, -0.15) is 0 Å². The van der Waals surface area contributed by atoms with Crippen LogP contribution in [0.15, 0.2) is 48.5 Å². The van der Waals surface area contributed by atoms with Crippen LogP contribution in [0.3, 0.4) is 0 Å². The maximum Gasteiger partial charge on any atom is 0.304 e. The van der Waals surface area contributed by atoms with Crippen molar-refractivity contribution < 1.29 is 19.4 Å². The van der Waals surface area contributed by atoms with Crippen LogP contribution in [0.4, 0.5) is 11.4 Å². The number of ether oxygens (including phenoxy) is 2. The first kappa shape index (κ1) is 19.7. The molecule has 2 fully saturated rings. The van der Waals surface area contributed by atoms with E-state index in [-0.39, 0.29) is 12.3 Å². The van der Waals surface area contributed by atoms with Crippen molar-refractivity contribution in [3.63, 3.8) is 0 Å². The molecule has 2 aromatic rings. The minimum absolute atomic E-state index is 0.0772. The molecule has 6 nitrogen and oxygen atoms in total. The lowest BCUT2D eigenvalue weighted by atomic mass is 9.88. The Balaban J connectivity index is 1.53. The first-order chi connectivity index (χ1) is 14.2. The lowest BCUT2D eigenvalue weighted by molar-refractivity contribution is -0.137. The molecule has 0 aromatic heterocycles. The van der Waals surface area contributed by atoms with Crippen LogP contribution in [0, 0.1) is 0 Å². The van der Waals surface area contributed by atoms with E-state index in [4.69, 9.17) is 9.47 Å². The van der Waals surface area contributed by atoms with Crippen molar-refractivity contribution in [2.75, 3.05) is 62.4 Å². The van der Waals surface area contributed by atoms with Gasteiger partial charge in [-0.25, -0.2) is 0 Å². The zero-order chi connectivity index (χ0) is 20.1. The van der Waals surface area contributed by atoms with Gasteiger partial charge in [-0.3, -0.25) is 4.79 Å². The molecule has 2 aliphatic heterocycles. The summed E-state index contributed by atoms with van der Waals surface area (Å²) in [6, 6.07) is 16.6. The van der Waals surface area contributed by atoms with Gasteiger partial charge in [0.2, 0.25) is 0 Å². The van der Waals surface area contributed by atoms with E-state index in [0.717, 1.165) is 75.1 Å². The number of carboxylic acid groups (broad SMARTS) is 1. The zero-order valence-corrected chi connectivity index (χ0v) is 16.6. The Morgan fingerprint density at radius 3 is 1.48 bits per heavy atom. The second-order valence-corrected chi connectivity index (χ2v) is 7.53.